The van der Waals surface area contributed by atoms with Crippen molar-refractivity contribution in [3.05, 3.63) is 0 Å². The van der Waals surface area contributed by atoms with Crippen molar-refractivity contribution in [1.29, 1.82) is 0 Å². The van der Waals surface area contributed by atoms with E-state index in [2.05, 4.69) is 0 Å². The Morgan fingerprint density at radius 1 is 1.00 bits per heavy atom. The molecule has 0 saturated heterocycles. The summed E-state index contributed by atoms with van der Waals surface area (Å²) in [6, 6.07) is 0. The van der Waals surface area contributed by atoms with Crippen LogP contribution in [0.5, 0.6) is 0 Å². The van der Waals surface area contributed by atoms with Gasteiger partial charge in [-0.3, -0.25) is 4.57 Å². The zero-order valence-electron chi connectivity index (χ0n) is 9.91. The Labute approximate surface area is 103 Å². The average molecular weight is 262 g/mol. The molecule has 2 rings (SSSR count). The maximum Gasteiger partial charge on any atom is 0.244 e. The van der Waals surface area contributed by atoms with Crippen molar-refractivity contribution < 1.29 is 9.46 Å². The maximum atomic E-state index is 11.3. The summed E-state index contributed by atoms with van der Waals surface area (Å²) in [5.74, 6) is 0.715. The molecule has 0 radical (unpaired) electrons. The largest absolute Gasteiger partial charge is 0.339 e. The molecule has 0 bridgehead atoms. The van der Waals surface area contributed by atoms with E-state index in [9.17, 15) is 9.46 Å². The van der Waals surface area contributed by atoms with Crippen molar-refractivity contribution in [2.24, 2.45) is 5.92 Å². The molecule has 0 aromatic heterocycles. The number of rotatable bonds is 3. The van der Waals surface area contributed by atoms with Crippen molar-refractivity contribution in [2.45, 2.75) is 69.0 Å². The van der Waals surface area contributed by atoms with E-state index in [0.29, 0.717) is 5.92 Å². The number of hydrogen-bond acceptors (Lipinski definition) is 2. The van der Waals surface area contributed by atoms with Crippen molar-refractivity contribution in [2.75, 3.05) is 0 Å². The second-order valence-electron chi connectivity index (χ2n) is 5.33. The summed E-state index contributed by atoms with van der Waals surface area (Å²) < 4.78 is 11.4. The predicted molar refractivity (Wildman–Crippen MR) is 71.2 cm³/mol. The molecule has 4 heteroatoms. The molecule has 2 saturated carbocycles. The minimum Gasteiger partial charge on any atom is -0.339 e. The molecule has 2 aliphatic rings. The normalized spacial score (nSPS) is 28.8. The monoisotopic (exact) mass is 262 g/mol. The van der Waals surface area contributed by atoms with E-state index in [4.69, 9.17) is 0 Å². The molecule has 2 aliphatic carbocycles. The second kappa shape index (κ2) is 5.93. The SMILES string of the molecule is O=[PH](O)SC1(C2CCCCC2)CCCCC1. The zero-order chi connectivity index (χ0) is 11.4. The molecule has 0 spiro atoms. The summed E-state index contributed by atoms with van der Waals surface area (Å²) in [6.07, 6.45) is 12.8. The Morgan fingerprint density at radius 2 is 1.56 bits per heavy atom. The van der Waals surface area contributed by atoms with Crippen LogP contribution in [0.2, 0.25) is 0 Å². The Morgan fingerprint density at radius 3 is 2.12 bits per heavy atom. The quantitative estimate of drug-likeness (QED) is 0.767. The molecule has 1 unspecified atom stereocenters. The van der Waals surface area contributed by atoms with Gasteiger partial charge in [0, 0.05) is 4.75 Å². The van der Waals surface area contributed by atoms with Crippen LogP contribution in [-0.4, -0.2) is 9.64 Å². The molecular weight excluding hydrogens is 239 g/mol. The highest BCUT2D eigenvalue weighted by atomic mass is 32.7. The van der Waals surface area contributed by atoms with Crippen LogP contribution in [0.25, 0.3) is 0 Å². The lowest BCUT2D eigenvalue weighted by atomic mass is 9.72. The molecule has 1 atom stereocenters. The van der Waals surface area contributed by atoms with Crippen LogP contribution in [0.1, 0.15) is 64.2 Å². The number of hydrogen-bond donors (Lipinski definition) is 1. The highest BCUT2D eigenvalue weighted by Gasteiger charge is 2.41. The average Bonchev–Trinajstić information content (AvgIpc) is 2.30. The third-order valence-electron chi connectivity index (χ3n) is 4.34. The first-order chi connectivity index (χ1) is 7.73. The minimum atomic E-state index is -2.37. The summed E-state index contributed by atoms with van der Waals surface area (Å²) in [5.41, 5.74) is 0. The van der Waals surface area contributed by atoms with Gasteiger partial charge in [0.2, 0.25) is 7.23 Å². The van der Waals surface area contributed by atoms with Gasteiger partial charge in [-0.15, -0.1) is 0 Å². The lowest BCUT2D eigenvalue weighted by Crippen LogP contribution is -2.37. The molecule has 0 aromatic carbocycles. The van der Waals surface area contributed by atoms with Crippen molar-refractivity contribution in [3.8, 4) is 0 Å². The van der Waals surface area contributed by atoms with Gasteiger partial charge in [-0.1, -0.05) is 49.9 Å². The van der Waals surface area contributed by atoms with Crippen LogP contribution < -0.4 is 0 Å². The molecule has 0 amide bonds. The summed E-state index contributed by atoms with van der Waals surface area (Å²) in [4.78, 5) is 9.31. The topological polar surface area (TPSA) is 37.3 Å². The molecule has 0 heterocycles. The lowest BCUT2D eigenvalue weighted by Gasteiger charge is -2.44. The molecular formula is C12H23O2PS. The first kappa shape index (κ1) is 13.0. The van der Waals surface area contributed by atoms with Gasteiger partial charge in [-0.05, 0) is 31.6 Å². The van der Waals surface area contributed by atoms with E-state index < -0.39 is 7.23 Å². The van der Waals surface area contributed by atoms with Crippen molar-refractivity contribution >= 4 is 18.6 Å². The zero-order valence-corrected chi connectivity index (χ0v) is 11.7. The van der Waals surface area contributed by atoms with Crippen LogP contribution in [0.15, 0.2) is 0 Å². The van der Waals surface area contributed by atoms with Crippen molar-refractivity contribution in [1.82, 2.24) is 0 Å². The minimum absolute atomic E-state index is 0.170. The highest BCUT2D eigenvalue weighted by molar-refractivity contribution is 8.50. The smallest absolute Gasteiger partial charge is 0.244 e. The predicted octanol–water partition coefficient (Wildman–Crippen LogP) is 4.38. The fraction of sp³-hybridized carbons (Fsp3) is 1.00. The van der Waals surface area contributed by atoms with E-state index in [1.807, 2.05) is 0 Å². The fourth-order valence-electron chi connectivity index (χ4n) is 3.55. The summed E-state index contributed by atoms with van der Waals surface area (Å²) in [6.45, 7) is 0. The lowest BCUT2D eigenvalue weighted by molar-refractivity contribution is 0.228. The Kier molecular flexibility index (Phi) is 4.81. The first-order valence-corrected chi connectivity index (χ1v) is 9.54. The molecule has 2 fully saturated rings. The third kappa shape index (κ3) is 3.05. The van der Waals surface area contributed by atoms with Gasteiger partial charge < -0.3 is 4.89 Å². The van der Waals surface area contributed by atoms with Crippen LogP contribution >= 0.6 is 18.6 Å². The van der Waals surface area contributed by atoms with E-state index in [0.717, 1.165) is 0 Å². The third-order valence-corrected chi connectivity index (χ3v) is 7.41. The van der Waals surface area contributed by atoms with Crippen LogP contribution in [-0.2, 0) is 4.57 Å². The Hall–Kier alpha value is 0.540. The van der Waals surface area contributed by atoms with Gasteiger partial charge in [0.05, 0.1) is 0 Å². The Balaban J connectivity index is 2.07. The molecule has 16 heavy (non-hydrogen) atoms. The van der Waals surface area contributed by atoms with Gasteiger partial charge in [0.1, 0.15) is 0 Å². The van der Waals surface area contributed by atoms with Crippen LogP contribution in [0.4, 0.5) is 0 Å². The molecule has 2 nitrogen and oxygen atoms in total. The summed E-state index contributed by atoms with van der Waals surface area (Å²) >= 11 is 1.43. The fourth-order valence-corrected chi connectivity index (χ4v) is 6.95. The van der Waals surface area contributed by atoms with E-state index in [1.165, 1.54) is 75.6 Å². The van der Waals surface area contributed by atoms with E-state index >= 15 is 0 Å². The standard InChI is InChI=1S/C12H23O2PS/c13-15(14)16-12(9-5-2-6-10-12)11-7-3-1-4-8-11/h11,15H,1-10H2,(H,13,14). The second-order valence-corrected chi connectivity index (χ2v) is 8.54. The van der Waals surface area contributed by atoms with Gasteiger partial charge in [0.15, 0.2) is 0 Å². The molecule has 0 aliphatic heterocycles. The van der Waals surface area contributed by atoms with E-state index in [1.54, 1.807) is 0 Å². The Bertz CT molecular complexity index is 245. The first-order valence-electron chi connectivity index (χ1n) is 6.65. The molecule has 1 N–H and O–H groups in total. The van der Waals surface area contributed by atoms with Crippen LogP contribution in [0.3, 0.4) is 0 Å². The van der Waals surface area contributed by atoms with Crippen LogP contribution in [0, 0.1) is 5.92 Å². The molecule has 94 valence electrons. The van der Waals surface area contributed by atoms with Gasteiger partial charge >= 0.3 is 0 Å². The van der Waals surface area contributed by atoms with Gasteiger partial charge in [-0.2, -0.15) is 0 Å². The highest BCUT2D eigenvalue weighted by Crippen LogP contribution is 2.57. The van der Waals surface area contributed by atoms with Crippen molar-refractivity contribution in [3.63, 3.8) is 0 Å². The summed E-state index contributed by atoms with van der Waals surface area (Å²) in [7, 11) is -2.37. The van der Waals surface area contributed by atoms with E-state index in [-0.39, 0.29) is 4.75 Å². The van der Waals surface area contributed by atoms with Gasteiger partial charge in [-0.25, -0.2) is 0 Å². The maximum absolute atomic E-state index is 11.3. The molecule has 0 aromatic rings. The van der Waals surface area contributed by atoms with Gasteiger partial charge in [0.25, 0.3) is 0 Å². The summed E-state index contributed by atoms with van der Waals surface area (Å²) in [5, 5.41) is 0.